The second kappa shape index (κ2) is 6.85. The highest BCUT2D eigenvalue weighted by atomic mass is 79.9. The van der Waals surface area contributed by atoms with Gasteiger partial charge in [-0.25, -0.2) is 0 Å². The average molecular weight is 425 g/mol. The molecule has 3 aromatic rings. The minimum absolute atomic E-state index is 0.120. The van der Waals surface area contributed by atoms with E-state index in [0.29, 0.717) is 16.8 Å². The van der Waals surface area contributed by atoms with Crippen LogP contribution in [0.5, 0.6) is 0 Å². The summed E-state index contributed by atoms with van der Waals surface area (Å²) in [6.45, 7) is -0.215. The fourth-order valence-corrected chi connectivity index (χ4v) is 3.19. The number of rotatable bonds is 4. The van der Waals surface area contributed by atoms with Crippen LogP contribution in [0.2, 0.25) is 0 Å². The molecule has 0 saturated heterocycles. The van der Waals surface area contributed by atoms with Crippen molar-refractivity contribution in [2.45, 2.75) is 0 Å². The molecule has 2 aromatic carbocycles. The van der Waals surface area contributed by atoms with Crippen molar-refractivity contribution in [3.8, 4) is 0 Å². The molecule has 0 aliphatic carbocycles. The van der Waals surface area contributed by atoms with Gasteiger partial charge in [0.25, 0.3) is 17.7 Å². The molecule has 6 nitrogen and oxygen atoms in total. The molecule has 0 spiro atoms. The second-order valence-electron chi connectivity index (χ2n) is 5.91. The van der Waals surface area contributed by atoms with E-state index in [1.165, 1.54) is 17.2 Å². The van der Waals surface area contributed by atoms with Crippen LogP contribution >= 0.6 is 15.9 Å². The number of anilines is 1. The summed E-state index contributed by atoms with van der Waals surface area (Å²) < 4.78 is 6.06. The lowest BCUT2D eigenvalue weighted by atomic mass is 10.1. The number of halogens is 1. The van der Waals surface area contributed by atoms with Gasteiger partial charge in [0.05, 0.1) is 17.4 Å². The molecule has 0 saturated carbocycles. The minimum Gasteiger partial charge on any atom is -0.459 e. The molecule has 1 aliphatic rings. The summed E-state index contributed by atoms with van der Waals surface area (Å²) in [7, 11) is 0. The number of carbonyl (C=O) groups is 3. The second-order valence-corrected chi connectivity index (χ2v) is 6.83. The van der Waals surface area contributed by atoms with Crippen molar-refractivity contribution in [1.29, 1.82) is 0 Å². The van der Waals surface area contributed by atoms with E-state index >= 15 is 0 Å². The van der Waals surface area contributed by atoms with Crippen molar-refractivity contribution in [2.75, 3.05) is 11.6 Å². The summed E-state index contributed by atoms with van der Waals surface area (Å²) in [5.74, 6) is -1.18. The van der Waals surface area contributed by atoms with Gasteiger partial charge in [0.2, 0.25) is 0 Å². The maximum atomic E-state index is 12.9. The molecule has 0 unspecified atom stereocenters. The van der Waals surface area contributed by atoms with Crippen LogP contribution in [-0.2, 0) is 0 Å². The first-order valence-corrected chi connectivity index (χ1v) is 8.92. The molecular weight excluding hydrogens is 412 g/mol. The summed E-state index contributed by atoms with van der Waals surface area (Å²) in [5.41, 5.74) is 1.21. The summed E-state index contributed by atoms with van der Waals surface area (Å²) in [5, 5.41) is 0. The Kier molecular flexibility index (Phi) is 4.37. The third kappa shape index (κ3) is 3.06. The maximum absolute atomic E-state index is 12.9. The molecule has 0 fully saturated rings. The highest BCUT2D eigenvalue weighted by Crippen LogP contribution is 2.26. The Morgan fingerprint density at radius 3 is 2.11 bits per heavy atom. The van der Waals surface area contributed by atoms with E-state index in [0.717, 1.165) is 9.37 Å². The zero-order chi connectivity index (χ0) is 19.0. The number of amides is 3. The third-order valence-electron chi connectivity index (χ3n) is 4.28. The molecule has 7 heteroatoms. The Balaban J connectivity index is 1.70. The fraction of sp³-hybridized carbons (Fsp3) is 0.0500. The molecule has 0 radical (unpaired) electrons. The normalized spacial score (nSPS) is 13.0. The van der Waals surface area contributed by atoms with Gasteiger partial charge in [-0.3, -0.25) is 24.2 Å². The molecule has 2 heterocycles. The smallest absolute Gasteiger partial charge is 0.295 e. The van der Waals surface area contributed by atoms with Gasteiger partial charge in [-0.15, -0.1) is 0 Å². The molecule has 4 rings (SSSR count). The molecule has 0 N–H and O–H groups in total. The van der Waals surface area contributed by atoms with Gasteiger partial charge < -0.3 is 4.42 Å². The average Bonchev–Trinajstić information content (AvgIpc) is 3.30. The zero-order valence-corrected chi connectivity index (χ0v) is 15.5. The predicted molar refractivity (Wildman–Crippen MR) is 101 cm³/mol. The maximum Gasteiger partial charge on any atom is 0.295 e. The summed E-state index contributed by atoms with van der Waals surface area (Å²) in [6.07, 6.45) is 1.40. The SMILES string of the molecule is O=C1c2ccccc2C(=O)N1CN(C(=O)c1ccco1)c1ccc(Br)cc1. The molecule has 27 heavy (non-hydrogen) atoms. The lowest BCUT2D eigenvalue weighted by Crippen LogP contribution is -2.44. The van der Waals surface area contributed by atoms with E-state index < -0.39 is 17.7 Å². The number of furan rings is 1. The van der Waals surface area contributed by atoms with E-state index in [9.17, 15) is 14.4 Å². The molecule has 3 amide bonds. The lowest BCUT2D eigenvalue weighted by Gasteiger charge is -2.26. The van der Waals surface area contributed by atoms with Crippen LogP contribution in [0.4, 0.5) is 5.69 Å². The van der Waals surface area contributed by atoms with Crippen LogP contribution in [0.3, 0.4) is 0 Å². The van der Waals surface area contributed by atoms with Crippen molar-refractivity contribution >= 4 is 39.3 Å². The van der Waals surface area contributed by atoms with Crippen molar-refractivity contribution in [3.05, 3.63) is 88.3 Å². The van der Waals surface area contributed by atoms with Crippen LogP contribution in [0.15, 0.2) is 75.8 Å². The van der Waals surface area contributed by atoms with E-state index in [2.05, 4.69) is 15.9 Å². The number of fused-ring (bicyclic) bond motifs is 1. The van der Waals surface area contributed by atoms with Gasteiger partial charge in [-0.2, -0.15) is 0 Å². The van der Waals surface area contributed by atoms with Crippen molar-refractivity contribution in [3.63, 3.8) is 0 Å². The fourth-order valence-electron chi connectivity index (χ4n) is 2.93. The first kappa shape index (κ1) is 17.2. The topological polar surface area (TPSA) is 70.8 Å². The highest BCUT2D eigenvalue weighted by molar-refractivity contribution is 9.10. The standard InChI is InChI=1S/C20H13BrN2O4/c21-13-7-9-14(10-8-13)22(20(26)17-6-3-11-27-17)12-23-18(24)15-4-1-2-5-16(15)19(23)25/h1-11H,12H2. The minimum atomic E-state index is -0.445. The van der Waals surface area contributed by atoms with E-state index in [-0.39, 0.29) is 12.4 Å². The third-order valence-corrected chi connectivity index (χ3v) is 4.81. The zero-order valence-electron chi connectivity index (χ0n) is 14.0. The molecule has 0 bridgehead atoms. The number of imide groups is 1. The number of carbonyl (C=O) groups excluding carboxylic acids is 3. The predicted octanol–water partition coefficient (Wildman–Crippen LogP) is 3.94. The van der Waals surface area contributed by atoms with Crippen molar-refractivity contribution < 1.29 is 18.8 Å². The monoisotopic (exact) mass is 424 g/mol. The van der Waals surface area contributed by atoms with Gasteiger partial charge in [-0.05, 0) is 48.5 Å². The van der Waals surface area contributed by atoms with Gasteiger partial charge in [-0.1, -0.05) is 28.1 Å². The van der Waals surface area contributed by atoms with Gasteiger partial charge in [0, 0.05) is 10.2 Å². The van der Waals surface area contributed by atoms with Crippen LogP contribution in [0, 0.1) is 0 Å². The molecule has 1 aromatic heterocycles. The Morgan fingerprint density at radius 1 is 0.926 bits per heavy atom. The van der Waals surface area contributed by atoms with Crippen LogP contribution in [0.1, 0.15) is 31.3 Å². The van der Waals surface area contributed by atoms with E-state index in [4.69, 9.17) is 4.42 Å². The number of nitrogens with zero attached hydrogens (tertiary/aromatic N) is 2. The molecular formula is C20H13BrN2O4. The Hall–Kier alpha value is -3.19. The first-order chi connectivity index (χ1) is 13.1. The Morgan fingerprint density at radius 2 is 1.56 bits per heavy atom. The van der Waals surface area contributed by atoms with Crippen molar-refractivity contribution in [2.24, 2.45) is 0 Å². The van der Waals surface area contributed by atoms with Crippen molar-refractivity contribution in [1.82, 2.24) is 4.90 Å². The van der Waals surface area contributed by atoms with E-state index in [1.807, 2.05) is 0 Å². The first-order valence-electron chi connectivity index (χ1n) is 8.12. The number of hydrogen-bond donors (Lipinski definition) is 0. The number of hydrogen-bond acceptors (Lipinski definition) is 4. The van der Waals surface area contributed by atoms with Gasteiger partial charge in [0.15, 0.2) is 5.76 Å². The Bertz CT molecular complexity index is 993. The molecule has 134 valence electrons. The molecule has 0 atom stereocenters. The van der Waals surface area contributed by atoms with Gasteiger partial charge in [0.1, 0.15) is 6.67 Å². The number of benzene rings is 2. The quantitative estimate of drug-likeness (QED) is 0.594. The lowest BCUT2D eigenvalue weighted by molar-refractivity contribution is 0.0649. The van der Waals surface area contributed by atoms with Crippen LogP contribution in [0.25, 0.3) is 0 Å². The summed E-state index contributed by atoms with van der Waals surface area (Å²) >= 11 is 3.36. The van der Waals surface area contributed by atoms with Gasteiger partial charge >= 0.3 is 0 Å². The largest absolute Gasteiger partial charge is 0.459 e. The summed E-state index contributed by atoms with van der Waals surface area (Å²) in [4.78, 5) is 40.7. The summed E-state index contributed by atoms with van der Waals surface area (Å²) in [6, 6.07) is 16.8. The van der Waals surface area contributed by atoms with Crippen LogP contribution in [-0.4, -0.2) is 29.3 Å². The molecule has 1 aliphatic heterocycles. The highest BCUT2D eigenvalue weighted by Gasteiger charge is 2.37. The Labute approximate surface area is 163 Å². The van der Waals surface area contributed by atoms with Crippen LogP contribution < -0.4 is 4.90 Å². The van der Waals surface area contributed by atoms with E-state index in [1.54, 1.807) is 54.6 Å².